The third-order valence-electron chi connectivity index (χ3n) is 3.32. The minimum Gasteiger partial charge on any atom is -0.327 e. The summed E-state index contributed by atoms with van der Waals surface area (Å²) in [4.78, 5) is 6.10. The second-order valence-corrected chi connectivity index (χ2v) is 6.32. The molecule has 0 spiro atoms. The Balaban J connectivity index is 1.84. The van der Waals surface area contributed by atoms with Gasteiger partial charge in [0, 0.05) is 22.4 Å². The van der Waals surface area contributed by atoms with Crippen LogP contribution in [0.5, 0.6) is 0 Å². The van der Waals surface area contributed by atoms with Gasteiger partial charge in [0.1, 0.15) is 0 Å². The van der Waals surface area contributed by atoms with Crippen molar-refractivity contribution in [3.63, 3.8) is 0 Å². The minimum absolute atomic E-state index is 0.311. The molecule has 18 heavy (non-hydrogen) atoms. The van der Waals surface area contributed by atoms with Gasteiger partial charge in [-0.1, -0.05) is 29.8 Å². The molecular formula is C14H15ClN2S. The summed E-state index contributed by atoms with van der Waals surface area (Å²) >= 11 is 7.97. The van der Waals surface area contributed by atoms with Gasteiger partial charge in [-0.3, -0.25) is 0 Å². The molecular weight excluding hydrogens is 264 g/mol. The molecule has 94 valence electrons. The van der Waals surface area contributed by atoms with Crippen molar-refractivity contribution in [2.45, 2.75) is 31.7 Å². The van der Waals surface area contributed by atoms with Gasteiger partial charge in [-0.25, -0.2) is 4.98 Å². The van der Waals surface area contributed by atoms with Crippen molar-refractivity contribution >= 4 is 22.9 Å². The Hall–Kier alpha value is -0.900. The number of fused-ring (bicyclic) bond motifs is 1. The molecule has 1 aromatic heterocycles. The van der Waals surface area contributed by atoms with Crippen LogP contribution in [0, 0.1) is 0 Å². The first-order valence-corrected chi connectivity index (χ1v) is 7.38. The molecule has 0 fully saturated rings. The van der Waals surface area contributed by atoms with Gasteiger partial charge < -0.3 is 5.73 Å². The number of hydrogen-bond acceptors (Lipinski definition) is 3. The van der Waals surface area contributed by atoms with Gasteiger partial charge in [0.15, 0.2) is 0 Å². The molecule has 0 aliphatic heterocycles. The Morgan fingerprint density at radius 2 is 2.22 bits per heavy atom. The largest absolute Gasteiger partial charge is 0.327 e. The first kappa shape index (κ1) is 12.2. The van der Waals surface area contributed by atoms with Crippen LogP contribution < -0.4 is 5.73 Å². The predicted molar refractivity (Wildman–Crippen MR) is 76.4 cm³/mol. The van der Waals surface area contributed by atoms with E-state index in [-0.39, 0.29) is 0 Å². The van der Waals surface area contributed by atoms with Crippen LogP contribution in [-0.4, -0.2) is 11.0 Å². The fourth-order valence-corrected chi connectivity index (χ4v) is 3.77. The number of thiazole rings is 1. The summed E-state index contributed by atoms with van der Waals surface area (Å²) in [6.07, 6.45) is 3.89. The van der Waals surface area contributed by atoms with Crippen molar-refractivity contribution in [3.05, 3.63) is 50.4 Å². The summed E-state index contributed by atoms with van der Waals surface area (Å²) < 4.78 is 0. The number of rotatable bonds is 2. The van der Waals surface area contributed by atoms with E-state index in [0.717, 1.165) is 41.3 Å². The third-order valence-corrected chi connectivity index (χ3v) is 4.81. The van der Waals surface area contributed by atoms with Crippen LogP contribution in [-0.2, 0) is 19.3 Å². The van der Waals surface area contributed by atoms with Gasteiger partial charge in [0.25, 0.3) is 0 Å². The highest BCUT2D eigenvalue weighted by Crippen LogP contribution is 2.28. The molecule has 0 amide bonds. The number of benzene rings is 1. The lowest BCUT2D eigenvalue weighted by Gasteiger charge is -2.15. The Morgan fingerprint density at radius 3 is 3.06 bits per heavy atom. The van der Waals surface area contributed by atoms with E-state index in [0.29, 0.717) is 6.04 Å². The van der Waals surface area contributed by atoms with Gasteiger partial charge in [0.2, 0.25) is 0 Å². The van der Waals surface area contributed by atoms with Crippen LogP contribution in [0.1, 0.15) is 27.6 Å². The molecule has 1 atom stereocenters. The smallest absolute Gasteiger partial charge is 0.0975 e. The van der Waals surface area contributed by atoms with E-state index >= 15 is 0 Å². The van der Waals surface area contributed by atoms with Crippen LogP contribution in [0.3, 0.4) is 0 Å². The average Bonchev–Trinajstić information content (AvgIpc) is 2.73. The summed E-state index contributed by atoms with van der Waals surface area (Å²) in [6.45, 7) is 0. The van der Waals surface area contributed by atoms with Crippen LogP contribution in [0.4, 0.5) is 0 Å². The molecule has 3 rings (SSSR count). The quantitative estimate of drug-likeness (QED) is 0.916. The Morgan fingerprint density at radius 1 is 1.39 bits per heavy atom. The van der Waals surface area contributed by atoms with Crippen molar-refractivity contribution in [1.29, 1.82) is 0 Å². The lowest BCUT2D eigenvalue weighted by atomic mass is 9.99. The Labute approximate surface area is 116 Å². The fourth-order valence-electron chi connectivity index (χ4n) is 2.33. The second-order valence-electron chi connectivity index (χ2n) is 4.75. The highest BCUT2D eigenvalue weighted by molar-refractivity contribution is 7.11. The van der Waals surface area contributed by atoms with Gasteiger partial charge in [-0.15, -0.1) is 11.3 Å². The number of hydrogen-bond donors (Lipinski definition) is 1. The zero-order valence-corrected chi connectivity index (χ0v) is 11.6. The normalized spacial score (nSPS) is 18.7. The van der Waals surface area contributed by atoms with Crippen LogP contribution >= 0.6 is 22.9 Å². The monoisotopic (exact) mass is 278 g/mol. The molecule has 0 bridgehead atoms. The summed E-state index contributed by atoms with van der Waals surface area (Å²) in [5, 5.41) is 1.98. The summed E-state index contributed by atoms with van der Waals surface area (Å²) in [7, 11) is 0. The van der Waals surface area contributed by atoms with Gasteiger partial charge >= 0.3 is 0 Å². The average molecular weight is 279 g/mol. The van der Waals surface area contributed by atoms with E-state index in [1.807, 2.05) is 18.2 Å². The molecule has 1 aromatic carbocycles. The minimum atomic E-state index is 0.311. The van der Waals surface area contributed by atoms with Gasteiger partial charge in [0.05, 0.1) is 10.7 Å². The molecule has 0 saturated carbocycles. The zero-order chi connectivity index (χ0) is 12.5. The highest BCUT2D eigenvalue weighted by Gasteiger charge is 2.20. The molecule has 0 saturated heterocycles. The maximum atomic E-state index is 6.18. The topological polar surface area (TPSA) is 38.9 Å². The zero-order valence-electron chi connectivity index (χ0n) is 10.0. The highest BCUT2D eigenvalue weighted by atomic mass is 35.5. The van der Waals surface area contributed by atoms with E-state index in [9.17, 15) is 0 Å². The fraction of sp³-hybridized carbons (Fsp3) is 0.357. The predicted octanol–water partition coefficient (Wildman–Crippen LogP) is 3.20. The van der Waals surface area contributed by atoms with Crippen LogP contribution in [0.25, 0.3) is 0 Å². The lowest BCUT2D eigenvalue weighted by Crippen LogP contribution is -2.26. The van der Waals surface area contributed by atoms with E-state index in [2.05, 4.69) is 6.07 Å². The number of aryl methyl sites for hydroxylation is 1. The van der Waals surface area contributed by atoms with Gasteiger partial charge in [-0.2, -0.15) is 0 Å². The summed E-state index contributed by atoms with van der Waals surface area (Å²) in [6, 6.07) is 8.28. The van der Waals surface area contributed by atoms with Crippen molar-refractivity contribution in [2.75, 3.05) is 0 Å². The molecule has 1 heterocycles. The molecule has 1 aliphatic carbocycles. The first-order valence-electron chi connectivity index (χ1n) is 6.19. The van der Waals surface area contributed by atoms with Crippen molar-refractivity contribution < 1.29 is 0 Å². The lowest BCUT2D eigenvalue weighted by molar-refractivity contribution is 0.575. The molecule has 1 aliphatic rings. The summed E-state index contributed by atoms with van der Waals surface area (Å²) in [5.41, 5.74) is 8.39. The SMILES string of the molecule is NC1CCc2nc(Cc3ccccc3Cl)sc2C1. The molecule has 0 radical (unpaired) electrons. The molecule has 2 aromatic rings. The van der Waals surface area contributed by atoms with Crippen LogP contribution in [0.2, 0.25) is 5.02 Å². The van der Waals surface area contributed by atoms with E-state index < -0.39 is 0 Å². The molecule has 4 heteroatoms. The Bertz CT molecular complexity index is 565. The number of nitrogens with zero attached hydrogens (tertiary/aromatic N) is 1. The van der Waals surface area contributed by atoms with E-state index in [1.54, 1.807) is 11.3 Å². The number of halogens is 1. The standard InChI is InChI=1S/C14H15ClN2S/c15-11-4-2-1-3-9(11)7-14-17-12-6-5-10(16)8-13(12)18-14/h1-4,10H,5-8,16H2. The third kappa shape index (κ3) is 2.44. The van der Waals surface area contributed by atoms with Gasteiger partial charge in [-0.05, 0) is 30.9 Å². The van der Waals surface area contributed by atoms with Crippen LogP contribution in [0.15, 0.2) is 24.3 Å². The maximum Gasteiger partial charge on any atom is 0.0975 e. The van der Waals surface area contributed by atoms with Crippen molar-refractivity contribution in [2.24, 2.45) is 5.73 Å². The van der Waals surface area contributed by atoms with E-state index in [4.69, 9.17) is 22.3 Å². The number of aromatic nitrogens is 1. The van der Waals surface area contributed by atoms with Crippen molar-refractivity contribution in [3.8, 4) is 0 Å². The Kier molecular flexibility index (Phi) is 3.37. The van der Waals surface area contributed by atoms with Crippen molar-refractivity contribution in [1.82, 2.24) is 4.98 Å². The first-order chi connectivity index (χ1) is 8.72. The molecule has 1 unspecified atom stereocenters. The van der Waals surface area contributed by atoms with E-state index in [1.165, 1.54) is 10.6 Å². The maximum absolute atomic E-state index is 6.18. The second kappa shape index (κ2) is 5.00. The summed E-state index contributed by atoms with van der Waals surface area (Å²) in [5.74, 6) is 0. The molecule has 2 nitrogen and oxygen atoms in total. The molecule has 2 N–H and O–H groups in total. The number of nitrogens with two attached hydrogens (primary N) is 1.